The number of nitrogens with zero attached hydrogens (tertiary/aromatic N) is 2. The first-order valence-electron chi connectivity index (χ1n) is 7.24. The fourth-order valence-corrected chi connectivity index (χ4v) is 3.14. The molecule has 98 valence electrons. The van der Waals surface area contributed by atoms with Crippen LogP contribution in [0.3, 0.4) is 0 Å². The molecule has 0 aromatic rings. The fourth-order valence-electron chi connectivity index (χ4n) is 3.14. The van der Waals surface area contributed by atoms with E-state index < -0.39 is 0 Å². The van der Waals surface area contributed by atoms with Crippen LogP contribution in [0.15, 0.2) is 0 Å². The Morgan fingerprint density at radius 3 is 2.41 bits per heavy atom. The number of rotatable bonds is 2. The van der Waals surface area contributed by atoms with Gasteiger partial charge in [-0.1, -0.05) is 20.8 Å². The van der Waals surface area contributed by atoms with Gasteiger partial charge in [0.05, 0.1) is 0 Å². The van der Waals surface area contributed by atoms with Gasteiger partial charge in [-0.3, -0.25) is 9.69 Å². The SMILES string of the molecule is CC.CCC(=O)N1CC2(CCN(C3CC3)C2)C1. The summed E-state index contributed by atoms with van der Waals surface area (Å²) >= 11 is 0. The maximum atomic E-state index is 11.5. The molecule has 3 heteroatoms. The van der Waals surface area contributed by atoms with E-state index in [2.05, 4.69) is 4.90 Å². The summed E-state index contributed by atoms with van der Waals surface area (Å²) in [5.41, 5.74) is 0.493. The van der Waals surface area contributed by atoms with Crippen LogP contribution in [0.25, 0.3) is 0 Å². The Bertz CT molecular complexity index is 280. The van der Waals surface area contributed by atoms with Crippen molar-refractivity contribution in [1.82, 2.24) is 9.80 Å². The summed E-state index contributed by atoms with van der Waals surface area (Å²) in [5.74, 6) is 0.338. The molecule has 3 aliphatic rings. The highest BCUT2D eigenvalue weighted by Crippen LogP contribution is 2.43. The lowest BCUT2D eigenvalue weighted by Gasteiger charge is -2.48. The highest BCUT2D eigenvalue weighted by Gasteiger charge is 2.50. The topological polar surface area (TPSA) is 23.6 Å². The Morgan fingerprint density at radius 2 is 1.88 bits per heavy atom. The normalized spacial score (nSPS) is 26.4. The molecule has 1 spiro atoms. The van der Waals surface area contributed by atoms with Crippen LogP contribution in [0.1, 0.15) is 46.5 Å². The van der Waals surface area contributed by atoms with Crippen LogP contribution in [-0.2, 0) is 4.79 Å². The van der Waals surface area contributed by atoms with Gasteiger partial charge in [-0.15, -0.1) is 0 Å². The van der Waals surface area contributed by atoms with E-state index >= 15 is 0 Å². The maximum absolute atomic E-state index is 11.5. The van der Waals surface area contributed by atoms with Crippen LogP contribution in [0, 0.1) is 5.41 Å². The first-order valence-corrected chi connectivity index (χ1v) is 7.24. The van der Waals surface area contributed by atoms with E-state index in [1.807, 2.05) is 25.7 Å². The smallest absolute Gasteiger partial charge is 0.222 e. The average molecular weight is 238 g/mol. The second-order valence-corrected chi connectivity index (χ2v) is 5.56. The van der Waals surface area contributed by atoms with Gasteiger partial charge in [-0.2, -0.15) is 0 Å². The van der Waals surface area contributed by atoms with Crippen molar-refractivity contribution in [3.8, 4) is 0 Å². The predicted molar refractivity (Wildman–Crippen MR) is 69.9 cm³/mol. The summed E-state index contributed by atoms with van der Waals surface area (Å²) in [6.45, 7) is 10.5. The van der Waals surface area contributed by atoms with E-state index in [4.69, 9.17) is 0 Å². The third-order valence-electron chi connectivity index (χ3n) is 4.24. The first kappa shape index (κ1) is 12.9. The van der Waals surface area contributed by atoms with Gasteiger partial charge in [0.1, 0.15) is 0 Å². The summed E-state index contributed by atoms with van der Waals surface area (Å²) < 4.78 is 0. The van der Waals surface area contributed by atoms with Crippen molar-refractivity contribution in [2.24, 2.45) is 5.41 Å². The third kappa shape index (κ3) is 2.49. The molecule has 3 nitrogen and oxygen atoms in total. The van der Waals surface area contributed by atoms with Crippen molar-refractivity contribution in [2.45, 2.75) is 52.5 Å². The average Bonchev–Trinajstić information content (AvgIpc) is 3.08. The molecule has 3 fully saturated rings. The van der Waals surface area contributed by atoms with Crippen LogP contribution in [0.5, 0.6) is 0 Å². The standard InChI is InChI=1S/C12H20N2O.C2H6/c1-2-11(15)14-8-12(9-14)5-6-13(7-12)10-3-4-10;1-2/h10H,2-9H2,1H3;1-2H3. The monoisotopic (exact) mass is 238 g/mol. The van der Waals surface area contributed by atoms with Crippen molar-refractivity contribution in [3.63, 3.8) is 0 Å². The van der Waals surface area contributed by atoms with Crippen molar-refractivity contribution < 1.29 is 4.79 Å². The van der Waals surface area contributed by atoms with Gasteiger partial charge in [-0.05, 0) is 25.8 Å². The lowest BCUT2D eigenvalue weighted by Crippen LogP contribution is -2.59. The molecule has 0 aromatic carbocycles. The molecule has 2 aliphatic heterocycles. The van der Waals surface area contributed by atoms with Crippen LogP contribution >= 0.6 is 0 Å². The van der Waals surface area contributed by atoms with Gasteiger partial charge in [0.15, 0.2) is 0 Å². The molecule has 17 heavy (non-hydrogen) atoms. The van der Waals surface area contributed by atoms with Crippen LogP contribution in [0.2, 0.25) is 0 Å². The van der Waals surface area contributed by atoms with Gasteiger partial charge in [0.25, 0.3) is 0 Å². The summed E-state index contributed by atoms with van der Waals surface area (Å²) in [6.07, 6.45) is 4.81. The summed E-state index contributed by atoms with van der Waals surface area (Å²) in [6, 6.07) is 0.903. The molecule has 1 saturated carbocycles. The highest BCUT2D eigenvalue weighted by atomic mass is 16.2. The zero-order valence-electron chi connectivity index (χ0n) is 11.5. The number of likely N-dealkylation sites (tertiary alicyclic amines) is 2. The third-order valence-corrected chi connectivity index (χ3v) is 4.24. The minimum atomic E-state index is 0.338. The molecule has 0 N–H and O–H groups in total. The van der Waals surface area contributed by atoms with Gasteiger partial charge >= 0.3 is 0 Å². The largest absolute Gasteiger partial charge is 0.341 e. The quantitative estimate of drug-likeness (QED) is 0.735. The molecule has 2 heterocycles. The Kier molecular flexibility index (Phi) is 3.76. The molecule has 2 saturated heterocycles. The minimum Gasteiger partial charge on any atom is -0.341 e. The zero-order chi connectivity index (χ0) is 12.5. The van der Waals surface area contributed by atoms with E-state index in [-0.39, 0.29) is 0 Å². The lowest BCUT2D eigenvalue weighted by atomic mass is 9.79. The number of hydrogen-bond donors (Lipinski definition) is 0. The van der Waals surface area contributed by atoms with Crippen LogP contribution in [-0.4, -0.2) is 47.9 Å². The molecule has 1 aliphatic carbocycles. The second-order valence-electron chi connectivity index (χ2n) is 5.56. The van der Waals surface area contributed by atoms with Crippen molar-refractivity contribution in [3.05, 3.63) is 0 Å². The van der Waals surface area contributed by atoms with Gasteiger partial charge < -0.3 is 4.90 Å². The fraction of sp³-hybridized carbons (Fsp3) is 0.929. The molecule has 3 rings (SSSR count). The molecule has 0 aromatic heterocycles. The van der Waals surface area contributed by atoms with E-state index in [0.29, 0.717) is 17.7 Å². The van der Waals surface area contributed by atoms with Crippen LogP contribution in [0.4, 0.5) is 0 Å². The minimum absolute atomic E-state index is 0.338. The Hall–Kier alpha value is -0.570. The van der Waals surface area contributed by atoms with E-state index in [0.717, 1.165) is 19.1 Å². The predicted octanol–water partition coefficient (Wildman–Crippen LogP) is 2.12. The number of carbonyl (C=O) groups excluding carboxylic acids is 1. The number of amides is 1. The van der Waals surface area contributed by atoms with Crippen molar-refractivity contribution >= 4 is 5.91 Å². The summed E-state index contributed by atoms with van der Waals surface area (Å²) in [4.78, 5) is 16.2. The van der Waals surface area contributed by atoms with Crippen LogP contribution < -0.4 is 0 Å². The van der Waals surface area contributed by atoms with Gasteiger partial charge in [0.2, 0.25) is 5.91 Å². The lowest BCUT2D eigenvalue weighted by molar-refractivity contribution is -0.142. The Morgan fingerprint density at radius 1 is 1.24 bits per heavy atom. The Labute approximate surface area is 105 Å². The molecular formula is C14H26N2O. The van der Waals surface area contributed by atoms with Gasteiger partial charge in [0, 0.05) is 37.5 Å². The zero-order valence-corrected chi connectivity index (χ0v) is 11.5. The van der Waals surface area contributed by atoms with Gasteiger partial charge in [-0.25, -0.2) is 0 Å². The van der Waals surface area contributed by atoms with Crippen molar-refractivity contribution in [1.29, 1.82) is 0 Å². The number of carbonyl (C=O) groups is 1. The highest BCUT2D eigenvalue weighted by molar-refractivity contribution is 5.76. The van der Waals surface area contributed by atoms with E-state index in [1.165, 1.54) is 32.4 Å². The maximum Gasteiger partial charge on any atom is 0.222 e. The van der Waals surface area contributed by atoms with E-state index in [1.54, 1.807) is 0 Å². The second kappa shape index (κ2) is 4.97. The molecule has 0 radical (unpaired) electrons. The van der Waals surface area contributed by atoms with Crippen molar-refractivity contribution in [2.75, 3.05) is 26.2 Å². The molecule has 0 bridgehead atoms. The molecule has 1 amide bonds. The summed E-state index contributed by atoms with van der Waals surface area (Å²) in [7, 11) is 0. The molecule has 0 atom stereocenters. The first-order chi connectivity index (χ1) is 8.22. The Balaban J connectivity index is 0.000000514. The molecule has 0 unspecified atom stereocenters. The molecular weight excluding hydrogens is 212 g/mol. The van der Waals surface area contributed by atoms with E-state index in [9.17, 15) is 4.79 Å². The summed E-state index contributed by atoms with van der Waals surface area (Å²) in [5, 5.41) is 0. The number of hydrogen-bond acceptors (Lipinski definition) is 2.